The van der Waals surface area contributed by atoms with Crippen LogP contribution in [0.1, 0.15) is 18.7 Å². The number of aromatic nitrogens is 2. The maximum atomic E-state index is 13.2. The molecule has 5 rings (SSSR count). The second-order valence-electron chi connectivity index (χ2n) is 9.03. The Morgan fingerprint density at radius 2 is 1.73 bits per heavy atom. The Morgan fingerprint density at radius 1 is 1.00 bits per heavy atom. The monoisotopic (exact) mass is 485 g/mol. The molecule has 0 unspecified atom stereocenters. The van der Waals surface area contributed by atoms with Crippen molar-refractivity contribution in [2.75, 3.05) is 44.2 Å². The minimum absolute atomic E-state index is 0.114. The second-order valence-corrected chi connectivity index (χ2v) is 9.88. The van der Waals surface area contributed by atoms with Crippen LogP contribution >= 0.6 is 23.2 Å². The van der Waals surface area contributed by atoms with Crippen molar-refractivity contribution in [3.63, 3.8) is 0 Å². The van der Waals surface area contributed by atoms with Gasteiger partial charge in [-0.1, -0.05) is 35.3 Å². The molecule has 1 amide bonds. The Hall–Kier alpha value is -2.28. The molecule has 0 spiro atoms. The highest BCUT2D eigenvalue weighted by Crippen LogP contribution is 2.30. The van der Waals surface area contributed by atoms with Crippen LogP contribution in [0.3, 0.4) is 0 Å². The number of carbonyl (C=O) groups excluding carboxylic acids is 1. The lowest BCUT2D eigenvalue weighted by atomic mass is 9.95. The second kappa shape index (κ2) is 9.53. The highest BCUT2D eigenvalue weighted by molar-refractivity contribution is 6.35. The zero-order valence-corrected chi connectivity index (χ0v) is 20.4. The lowest BCUT2D eigenvalue weighted by Gasteiger charge is -2.39. The highest BCUT2D eigenvalue weighted by atomic mass is 35.5. The molecule has 0 atom stereocenters. The zero-order chi connectivity index (χ0) is 22.9. The molecule has 3 aromatic rings. The number of hydrogen-bond acceptors (Lipinski definition) is 4. The lowest BCUT2D eigenvalue weighted by Crippen LogP contribution is -2.51. The predicted octanol–water partition coefficient (Wildman–Crippen LogP) is 4.44. The number of amides is 1. The Labute approximate surface area is 204 Å². The summed E-state index contributed by atoms with van der Waals surface area (Å²) in [6.07, 6.45) is 1.81. The van der Waals surface area contributed by atoms with Gasteiger partial charge in [-0.2, -0.15) is 0 Å². The largest absolute Gasteiger partial charge is 0.367 e. The summed E-state index contributed by atoms with van der Waals surface area (Å²) in [7, 11) is 2.08. The van der Waals surface area contributed by atoms with Crippen molar-refractivity contribution in [2.45, 2.75) is 19.4 Å². The third-order valence-electron chi connectivity index (χ3n) is 7.02. The molecule has 1 aromatic heterocycles. The molecule has 2 fully saturated rings. The Morgan fingerprint density at radius 3 is 2.45 bits per heavy atom. The fraction of sp³-hybridized carbons (Fsp3) is 0.440. The van der Waals surface area contributed by atoms with Gasteiger partial charge in [-0.05, 0) is 56.3 Å². The van der Waals surface area contributed by atoms with E-state index >= 15 is 0 Å². The van der Waals surface area contributed by atoms with Gasteiger partial charge in [0.05, 0.1) is 28.3 Å². The van der Waals surface area contributed by atoms with Crippen LogP contribution in [0.2, 0.25) is 10.0 Å². The van der Waals surface area contributed by atoms with Crippen molar-refractivity contribution < 1.29 is 4.79 Å². The molecule has 8 heteroatoms. The van der Waals surface area contributed by atoms with E-state index in [2.05, 4.69) is 33.5 Å². The molecule has 174 valence electrons. The van der Waals surface area contributed by atoms with Crippen LogP contribution in [0.15, 0.2) is 42.5 Å². The number of piperazine rings is 1. The average Bonchev–Trinajstić information content (AvgIpc) is 3.16. The summed E-state index contributed by atoms with van der Waals surface area (Å²) in [5, 5.41) is 1.38. The number of rotatable bonds is 4. The summed E-state index contributed by atoms with van der Waals surface area (Å²) >= 11 is 12.5. The SMILES string of the molecule is Cn1c(CN2CCC(C(=O)N3CCN(c4cc(Cl)ccc4Cl)CC3)CC2)nc2ccccc21. The molecule has 0 bridgehead atoms. The molecular formula is C25H29Cl2N5O. The fourth-order valence-electron chi connectivity index (χ4n) is 5.03. The Bertz CT molecular complexity index is 1150. The number of aryl methyl sites for hydroxylation is 1. The first-order valence-corrected chi connectivity index (χ1v) is 12.4. The minimum Gasteiger partial charge on any atom is -0.367 e. The van der Waals surface area contributed by atoms with E-state index in [1.807, 2.05) is 29.2 Å². The van der Waals surface area contributed by atoms with E-state index in [0.29, 0.717) is 16.0 Å². The molecule has 33 heavy (non-hydrogen) atoms. The van der Waals surface area contributed by atoms with Gasteiger partial charge in [0.1, 0.15) is 5.82 Å². The number of halogens is 2. The predicted molar refractivity (Wildman–Crippen MR) is 134 cm³/mol. The molecular weight excluding hydrogens is 457 g/mol. The van der Waals surface area contributed by atoms with Crippen LogP contribution in [0, 0.1) is 5.92 Å². The fourth-order valence-corrected chi connectivity index (χ4v) is 5.43. The summed E-state index contributed by atoms with van der Waals surface area (Å²) in [5.74, 6) is 1.49. The molecule has 2 aliphatic rings. The van der Waals surface area contributed by atoms with Crippen molar-refractivity contribution in [3.8, 4) is 0 Å². The maximum Gasteiger partial charge on any atom is 0.225 e. The van der Waals surface area contributed by atoms with Crippen LogP contribution in [0.4, 0.5) is 5.69 Å². The van der Waals surface area contributed by atoms with Crippen LogP contribution in [-0.2, 0) is 18.4 Å². The van der Waals surface area contributed by atoms with Crippen molar-refractivity contribution in [3.05, 3.63) is 58.3 Å². The Kier molecular flexibility index (Phi) is 6.50. The molecule has 2 aliphatic heterocycles. The molecule has 0 N–H and O–H groups in total. The number of likely N-dealkylation sites (tertiary alicyclic amines) is 1. The van der Waals surface area contributed by atoms with Crippen LogP contribution < -0.4 is 4.90 Å². The number of benzene rings is 2. The van der Waals surface area contributed by atoms with Crippen molar-refractivity contribution in [1.29, 1.82) is 0 Å². The third kappa shape index (κ3) is 4.70. The standard InChI is InChI=1S/C25H29Cl2N5O/c1-29-22-5-3-2-4-21(22)28-24(29)17-30-10-8-18(9-11-30)25(33)32-14-12-31(13-15-32)23-16-19(26)6-7-20(23)27/h2-7,16,18H,8-15,17H2,1H3. The first kappa shape index (κ1) is 22.5. The zero-order valence-electron chi connectivity index (χ0n) is 18.9. The quantitative estimate of drug-likeness (QED) is 0.547. The third-order valence-corrected chi connectivity index (χ3v) is 7.58. The number of nitrogens with zero attached hydrogens (tertiary/aromatic N) is 5. The number of fused-ring (bicyclic) bond motifs is 1. The average molecular weight is 486 g/mol. The van der Waals surface area contributed by atoms with E-state index < -0.39 is 0 Å². The van der Waals surface area contributed by atoms with Gasteiger partial charge in [0.25, 0.3) is 0 Å². The van der Waals surface area contributed by atoms with Gasteiger partial charge in [-0.25, -0.2) is 4.98 Å². The van der Waals surface area contributed by atoms with Gasteiger partial charge in [-0.3, -0.25) is 9.69 Å². The van der Waals surface area contributed by atoms with E-state index in [1.165, 1.54) is 0 Å². The molecule has 0 radical (unpaired) electrons. The number of carbonyl (C=O) groups is 1. The van der Waals surface area contributed by atoms with Crippen LogP contribution in [0.25, 0.3) is 11.0 Å². The topological polar surface area (TPSA) is 44.6 Å². The summed E-state index contributed by atoms with van der Waals surface area (Å²) in [4.78, 5) is 24.6. The van der Waals surface area contributed by atoms with E-state index in [0.717, 1.165) is 81.2 Å². The summed E-state index contributed by atoms with van der Waals surface area (Å²) < 4.78 is 2.18. The van der Waals surface area contributed by atoms with E-state index in [1.54, 1.807) is 6.07 Å². The molecule has 2 saturated heterocycles. The van der Waals surface area contributed by atoms with E-state index in [-0.39, 0.29) is 5.92 Å². The summed E-state index contributed by atoms with van der Waals surface area (Å²) in [6.45, 7) is 5.68. The minimum atomic E-state index is 0.114. The molecule has 3 heterocycles. The van der Waals surface area contributed by atoms with Gasteiger partial charge in [-0.15, -0.1) is 0 Å². The van der Waals surface area contributed by atoms with Crippen molar-refractivity contribution in [1.82, 2.24) is 19.4 Å². The van der Waals surface area contributed by atoms with Gasteiger partial charge < -0.3 is 14.4 Å². The first-order chi connectivity index (χ1) is 16.0. The summed E-state index contributed by atoms with van der Waals surface area (Å²) in [5.41, 5.74) is 3.15. The number of hydrogen-bond donors (Lipinski definition) is 0. The van der Waals surface area contributed by atoms with Crippen molar-refractivity contribution >= 4 is 45.8 Å². The van der Waals surface area contributed by atoms with Gasteiger partial charge >= 0.3 is 0 Å². The summed E-state index contributed by atoms with van der Waals surface area (Å²) in [6, 6.07) is 13.8. The van der Waals surface area contributed by atoms with Gasteiger partial charge in [0.2, 0.25) is 5.91 Å². The smallest absolute Gasteiger partial charge is 0.225 e. The van der Waals surface area contributed by atoms with E-state index in [9.17, 15) is 4.79 Å². The molecule has 6 nitrogen and oxygen atoms in total. The van der Waals surface area contributed by atoms with Gasteiger partial charge in [0.15, 0.2) is 0 Å². The van der Waals surface area contributed by atoms with Gasteiger partial charge in [0, 0.05) is 44.2 Å². The van der Waals surface area contributed by atoms with Crippen LogP contribution in [0.5, 0.6) is 0 Å². The Balaban J connectivity index is 1.13. The molecule has 2 aromatic carbocycles. The number of para-hydroxylation sites is 2. The number of anilines is 1. The van der Waals surface area contributed by atoms with Crippen molar-refractivity contribution in [2.24, 2.45) is 13.0 Å². The van der Waals surface area contributed by atoms with Crippen LogP contribution in [-0.4, -0.2) is 64.5 Å². The normalized spacial score (nSPS) is 18.3. The number of piperidine rings is 1. The lowest BCUT2D eigenvalue weighted by molar-refractivity contribution is -0.137. The number of imidazole rings is 1. The maximum absolute atomic E-state index is 13.2. The van der Waals surface area contributed by atoms with E-state index in [4.69, 9.17) is 28.2 Å². The molecule has 0 saturated carbocycles. The molecule has 0 aliphatic carbocycles. The first-order valence-electron chi connectivity index (χ1n) is 11.6. The highest BCUT2D eigenvalue weighted by Gasteiger charge is 2.31.